The fraction of sp³-hybridized carbons (Fsp3) is 0.235. The largest absolute Gasteiger partial charge is 0.350 e. The molecule has 2 amide bonds. The molecule has 0 saturated heterocycles. The average molecular weight is 297 g/mol. The highest BCUT2D eigenvalue weighted by Gasteiger charge is 2.11. The fourth-order valence-corrected chi connectivity index (χ4v) is 2.03. The van der Waals surface area contributed by atoms with E-state index >= 15 is 0 Å². The van der Waals surface area contributed by atoms with E-state index in [1.807, 2.05) is 37.3 Å². The second kappa shape index (κ2) is 7.93. The third kappa shape index (κ3) is 5.01. The minimum Gasteiger partial charge on any atom is -0.350 e. The Balaban J connectivity index is 1.74. The normalized spacial score (nSPS) is 11.5. The van der Waals surface area contributed by atoms with E-state index in [4.69, 9.17) is 0 Å². The molecule has 5 nitrogen and oxygen atoms in total. The molecule has 1 aromatic heterocycles. The van der Waals surface area contributed by atoms with Crippen LogP contribution >= 0.6 is 0 Å². The molecule has 0 aliphatic heterocycles. The van der Waals surface area contributed by atoms with Crippen LogP contribution in [0.25, 0.3) is 0 Å². The van der Waals surface area contributed by atoms with Gasteiger partial charge >= 0.3 is 0 Å². The summed E-state index contributed by atoms with van der Waals surface area (Å²) in [6, 6.07) is 13.1. The van der Waals surface area contributed by atoms with Crippen molar-refractivity contribution in [3.63, 3.8) is 0 Å². The van der Waals surface area contributed by atoms with Gasteiger partial charge in [-0.25, -0.2) is 0 Å². The molecule has 1 atom stereocenters. The van der Waals surface area contributed by atoms with Crippen LogP contribution in [0, 0.1) is 0 Å². The quantitative estimate of drug-likeness (QED) is 0.861. The number of rotatable bonds is 6. The van der Waals surface area contributed by atoms with Gasteiger partial charge in [-0.1, -0.05) is 30.3 Å². The van der Waals surface area contributed by atoms with E-state index in [-0.39, 0.29) is 30.7 Å². The van der Waals surface area contributed by atoms with Gasteiger partial charge in [0.05, 0.1) is 17.9 Å². The predicted molar refractivity (Wildman–Crippen MR) is 85.1 cm³/mol. The molecule has 22 heavy (non-hydrogen) atoms. The van der Waals surface area contributed by atoms with Crippen LogP contribution in [0.5, 0.6) is 0 Å². The summed E-state index contributed by atoms with van der Waals surface area (Å²) < 4.78 is 0. The number of anilines is 1. The lowest BCUT2D eigenvalue weighted by Crippen LogP contribution is -2.27. The van der Waals surface area contributed by atoms with Crippen molar-refractivity contribution in [1.29, 1.82) is 0 Å². The monoisotopic (exact) mass is 297 g/mol. The summed E-state index contributed by atoms with van der Waals surface area (Å²) in [6.45, 7) is 1.92. The van der Waals surface area contributed by atoms with Crippen LogP contribution in [0.4, 0.5) is 5.69 Å². The van der Waals surface area contributed by atoms with Crippen molar-refractivity contribution in [2.75, 3.05) is 5.32 Å². The fourth-order valence-electron chi connectivity index (χ4n) is 2.03. The number of hydrogen-bond acceptors (Lipinski definition) is 3. The lowest BCUT2D eigenvalue weighted by molar-refractivity contribution is -0.124. The molecule has 1 aromatic carbocycles. The molecule has 1 heterocycles. The number of carbonyl (C=O) groups is 2. The van der Waals surface area contributed by atoms with Crippen LogP contribution in [-0.2, 0) is 9.59 Å². The molecule has 0 bridgehead atoms. The van der Waals surface area contributed by atoms with Crippen LogP contribution < -0.4 is 10.6 Å². The van der Waals surface area contributed by atoms with Crippen molar-refractivity contribution in [3.8, 4) is 0 Å². The van der Waals surface area contributed by atoms with Gasteiger partial charge in [-0.3, -0.25) is 14.6 Å². The Bertz CT molecular complexity index is 614. The Hall–Kier alpha value is -2.69. The lowest BCUT2D eigenvalue weighted by atomic mass is 10.1. The maximum atomic E-state index is 11.9. The van der Waals surface area contributed by atoms with E-state index in [1.54, 1.807) is 24.5 Å². The van der Waals surface area contributed by atoms with Crippen molar-refractivity contribution < 1.29 is 9.59 Å². The standard InChI is InChI=1S/C17H19N3O2/c1-13(14-6-3-2-4-7-14)19-16(21)9-10-17(22)20-15-8-5-11-18-12-15/h2-8,11-13H,9-10H2,1H3,(H,19,21)(H,20,22). The maximum absolute atomic E-state index is 11.9. The lowest BCUT2D eigenvalue weighted by Gasteiger charge is -2.14. The summed E-state index contributed by atoms with van der Waals surface area (Å²) in [6.07, 6.45) is 3.50. The second-order valence-corrected chi connectivity index (χ2v) is 4.99. The first-order valence-corrected chi connectivity index (χ1v) is 7.19. The molecular weight excluding hydrogens is 278 g/mol. The molecular formula is C17H19N3O2. The molecule has 5 heteroatoms. The first-order valence-electron chi connectivity index (χ1n) is 7.19. The highest BCUT2D eigenvalue weighted by molar-refractivity contribution is 5.93. The Morgan fingerprint density at radius 1 is 1.05 bits per heavy atom. The van der Waals surface area contributed by atoms with Gasteiger partial charge in [-0.15, -0.1) is 0 Å². The van der Waals surface area contributed by atoms with Crippen LogP contribution in [0.1, 0.15) is 31.4 Å². The smallest absolute Gasteiger partial charge is 0.224 e. The number of carbonyl (C=O) groups excluding carboxylic acids is 2. The van der Waals surface area contributed by atoms with Crippen LogP contribution in [0.3, 0.4) is 0 Å². The molecule has 2 aromatic rings. The van der Waals surface area contributed by atoms with Crippen LogP contribution in [0.15, 0.2) is 54.9 Å². The highest BCUT2D eigenvalue weighted by Crippen LogP contribution is 2.11. The summed E-state index contributed by atoms with van der Waals surface area (Å²) in [7, 11) is 0. The van der Waals surface area contributed by atoms with Gasteiger partial charge in [0.2, 0.25) is 11.8 Å². The van der Waals surface area contributed by atoms with Gasteiger partial charge in [0.1, 0.15) is 0 Å². The van der Waals surface area contributed by atoms with Gasteiger partial charge in [0, 0.05) is 19.0 Å². The molecule has 0 spiro atoms. The molecule has 0 fully saturated rings. The SMILES string of the molecule is CC(NC(=O)CCC(=O)Nc1cccnc1)c1ccccc1. The number of nitrogens with one attached hydrogen (secondary N) is 2. The second-order valence-electron chi connectivity index (χ2n) is 4.99. The van der Waals surface area contributed by atoms with Crippen molar-refractivity contribution in [2.24, 2.45) is 0 Å². The van der Waals surface area contributed by atoms with Crippen LogP contribution in [0.2, 0.25) is 0 Å². The molecule has 0 saturated carbocycles. The minimum absolute atomic E-state index is 0.0740. The summed E-state index contributed by atoms with van der Waals surface area (Å²) in [5.74, 6) is -0.340. The van der Waals surface area contributed by atoms with E-state index in [2.05, 4.69) is 15.6 Å². The Kier molecular flexibility index (Phi) is 5.65. The van der Waals surface area contributed by atoms with Crippen molar-refractivity contribution >= 4 is 17.5 Å². The van der Waals surface area contributed by atoms with Crippen molar-refractivity contribution in [1.82, 2.24) is 10.3 Å². The Labute approximate surface area is 129 Å². The van der Waals surface area contributed by atoms with E-state index in [0.717, 1.165) is 5.56 Å². The highest BCUT2D eigenvalue weighted by atomic mass is 16.2. The van der Waals surface area contributed by atoms with E-state index in [9.17, 15) is 9.59 Å². The van der Waals surface area contributed by atoms with E-state index < -0.39 is 0 Å². The first kappa shape index (κ1) is 15.7. The first-order chi connectivity index (χ1) is 10.6. The maximum Gasteiger partial charge on any atom is 0.224 e. The molecule has 0 aliphatic rings. The zero-order chi connectivity index (χ0) is 15.8. The van der Waals surface area contributed by atoms with Gasteiger partial charge in [-0.05, 0) is 24.6 Å². The Morgan fingerprint density at radius 3 is 2.45 bits per heavy atom. The van der Waals surface area contributed by atoms with Crippen LogP contribution in [-0.4, -0.2) is 16.8 Å². The minimum atomic E-state index is -0.199. The number of aromatic nitrogens is 1. The molecule has 114 valence electrons. The summed E-state index contributed by atoms with van der Waals surface area (Å²) >= 11 is 0. The average Bonchev–Trinajstić information content (AvgIpc) is 2.55. The topological polar surface area (TPSA) is 71.1 Å². The van der Waals surface area contributed by atoms with Gasteiger partial charge in [-0.2, -0.15) is 0 Å². The number of nitrogens with zero attached hydrogens (tertiary/aromatic N) is 1. The zero-order valence-corrected chi connectivity index (χ0v) is 12.5. The van der Waals surface area contributed by atoms with Crippen molar-refractivity contribution in [3.05, 3.63) is 60.4 Å². The number of amides is 2. The molecule has 2 N–H and O–H groups in total. The van der Waals surface area contributed by atoms with E-state index in [1.165, 1.54) is 0 Å². The van der Waals surface area contributed by atoms with Gasteiger partial charge in [0.15, 0.2) is 0 Å². The number of pyridine rings is 1. The molecule has 1 unspecified atom stereocenters. The summed E-state index contributed by atoms with van der Waals surface area (Å²) in [4.78, 5) is 27.5. The van der Waals surface area contributed by atoms with Gasteiger partial charge < -0.3 is 10.6 Å². The zero-order valence-electron chi connectivity index (χ0n) is 12.5. The molecule has 0 aliphatic carbocycles. The van der Waals surface area contributed by atoms with Crippen molar-refractivity contribution in [2.45, 2.75) is 25.8 Å². The predicted octanol–water partition coefficient (Wildman–Crippen LogP) is 2.68. The third-order valence-corrected chi connectivity index (χ3v) is 3.20. The van der Waals surface area contributed by atoms with Gasteiger partial charge in [0.25, 0.3) is 0 Å². The number of hydrogen-bond donors (Lipinski definition) is 2. The number of benzene rings is 1. The summed E-state index contributed by atoms with van der Waals surface area (Å²) in [5.41, 5.74) is 1.67. The summed E-state index contributed by atoms with van der Waals surface area (Å²) in [5, 5.41) is 5.58. The Morgan fingerprint density at radius 2 is 1.77 bits per heavy atom. The van der Waals surface area contributed by atoms with E-state index in [0.29, 0.717) is 5.69 Å². The molecule has 2 rings (SSSR count). The molecule has 0 radical (unpaired) electrons. The third-order valence-electron chi connectivity index (χ3n) is 3.20.